The third-order valence-electron chi connectivity index (χ3n) is 2.96. The Balaban J connectivity index is 2.24. The highest BCUT2D eigenvalue weighted by atomic mass is 19.1. The van der Waals surface area contributed by atoms with E-state index in [1.54, 1.807) is 19.4 Å². The van der Waals surface area contributed by atoms with Crippen LogP contribution in [0.25, 0.3) is 5.69 Å². The van der Waals surface area contributed by atoms with Crippen molar-refractivity contribution in [3.8, 4) is 5.69 Å². The normalized spacial score (nSPS) is 10.9. The smallest absolute Gasteiger partial charge is 0.129 e. The SMILES string of the molecule is COCCNCc1c(F)cccc1-n1ccnc1C. The molecule has 1 N–H and O–H groups in total. The first-order chi connectivity index (χ1) is 9.24. The highest BCUT2D eigenvalue weighted by Gasteiger charge is 2.11. The van der Waals surface area contributed by atoms with Crippen LogP contribution in [-0.4, -0.2) is 29.8 Å². The van der Waals surface area contributed by atoms with Crippen LogP contribution >= 0.6 is 0 Å². The molecule has 0 radical (unpaired) electrons. The summed E-state index contributed by atoms with van der Waals surface area (Å²) in [5.41, 5.74) is 1.46. The zero-order chi connectivity index (χ0) is 13.7. The fourth-order valence-electron chi connectivity index (χ4n) is 1.97. The monoisotopic (exact) mass is 263 g/mol. The molecular formula is C14H18FN3O. The summed E-state index contributed by atoms with van der Waals surface area (Å²) >= 11 is 0. The van der Waals surface area contributed by atoms with E-state index in [4.69, 9.17) is 4.74 Å². The summed E-state index contributed by atoms with van der Waals surface area (Å²) in [4.78, 5) is 4.17. The number of nitrogens with one attached hydrogen (secondary N) is 1. The van der Waals surface area contributed by atoms with Crippen molar-refractivity contribution in [1.82, 2.24) is 14.9 Å². The number of aryl methyl sites for hydroxylation is 1. The average Bonchev–Trinajstić information content (AvgIpc) is 2.82. The lowest BCUT2D eigenvalue weighted by Crippen LogP contribution is -2.20. The third kappa shape index (κ3) is 3.19. The van der Waals surface area contributed by atoms with Gasteiger partial charge in [0.05, 0.1) is 12.3 Å². The van der Waals surface area contributed by atoms with Crippen LogP contribution < -0.4 is 5.32 Å². The van der Waals surface area contributed by atoms with E-state index in [-0.39, 0.29) is 5.82 Å². The number of nitrogens with zero attached hydrogens (tertiary/aromatic N) is 2. The number of hydrogen-bond acceptors (Lipinski definition) is 3. The van der Waals surface area contributed by atoms with Gasteiger partial charge in [-0.15, -0.1) is 0 Å². The predicted molar refractivity (Wildman–Crippen MR) is 71.8 cm³/mol. The van der Waals surface area contributed by atoms with Crippen LogP contribution in [0.1, 0.15) is 11.4 Å². The Morgan fingerprint density at radius 2 is 2.26 bits per heavy atom. The van der Waals surface area contributed by atoms with Crippen molar-refractivity contribution < 1.29 is 9.13 Å². The summed E-state index contributed by atoms with van der Waals surface area (Å²) in [7, 11) is 1.64. The molecule has 5 heteroatoms. The third-order valence-corrected chi connectivity index (χ3v) is 2.96. The van der Waals surface area contributed by atoms with E-state index in [9.17, 15) is 4.39 Å². The summed E-state index contributed by atoms with van der Waals surface area (Å²) in [5.74, 6) is 0.624. The van der Waals surface area contributed by atoms with Crippen LogP contribution in [0.5, 0.6) is 0 Å². The Kier molecular flexibility index (Phi) is 4.65. The number of halogens is 1. The first-order valence-corrected chi connectivity index (χ1v) is 6.21. The topological polar surface area (TPSA) is 39.1 Å². The molecule has 0 aliphatic heterocycles. The summed E-state index contributed by atoms with van der Waals surface area (Å²) in [6, 6.07) is 5.08. The maximum atomic E-state index is 14.0. The van der Waals surface area contributed by atoms with Gasteiger partial charge in [0.15, 0.2) is 0 Å². The molecule has 19 heavy (non-hydrogen) atoms. The predicted octanol–water partition coefficient (Wildman–Crippen LogP) is 2.06. The van der Waals surface area contributed by atoms with Crippen molar-refractivity contribution in [3.63, 3.8) is 0 Å². The second-order valence-corrected chi connectivity index (χ2v) is 4.25. The minimum absolute atomic E-state index is 0.212. The van der Waals surface area contributed by atoms with E-state index in [1.807, 2.05) is 23.8 Å². The van der Waals surface area contributed by atoms with Crippen molar-refractivity contribution in [1.29, 1.82) is 0 Å². The molecule has 1 aromatic heterocycles. The number of ether oxygens (including phenoxy) is 1. The molecule has 0 spiro atoms. The van der Waals surface area contributed by atoms with E-state index in [0.29, 0.717) is 25.3 Å². The van der Waals surface area contributed by atoms with Crippen LogP contribution in [0.3, 0.4) is 0 Å². The second kappa shape index (κ2) is 6.45. The Morgan fingerprint density at radius 3 is 2.95 bits per heavy atom. The molecule has 0 saturated carbocycles. The number of imidazole rings is 1. The maximum absolute atomic E-state index is 14.0. The van der Waals surface area contributed by atoms with Crippen molar-refractivity contribution >= 4 is 0 Å². The Bertz CT molecular complexity index is 539. The van der Waals surface area contributed by atoms with Gasteiger partial charge < -0.3 is 14.6 Å². The number of rotatable bonds is 6. The van der Waals surface area contributed by atoms with Crippen molar-refractivity contribution in [3.05, 3.63) is 47.8 Å². The quantitative estimate of drug-likeness (QED) is 0.811. The average molecular weight is 263 g/mol. The van der Waals surface area contributed by atoms with Gasteiger partial charge in [0, 0.05) is 38.2 Å². The summed E-state index contributed by atoms with van der Waals surface area (Å²) in [6.45, 7) is 3.65. The van der Waals surface area contributed by atoms with Gasteiger partial charge in [-0.25, -0.2) is 9.37 Å². The molecule has 0 aliphatic rings. The largest absolute Gasteiger partial charge is 0.383 e. The summed E-state index contributed by atoms with van der Waals surface area (Å²) in [5, 5.41) is 3.17. The fraction of sp³-hybridized carbons (Fsp3) is 0.357. The summed E-state index contributed by atoms with van der Waals surface area (Å²) in [6.07, 6.45) is 3.55. The van der Waals surface area contributed by atoms with Gasteiger partial charge in [-0.1, -0.05) is 6.07 Å². The molecule has 102 valence electrons. The molecule has 0 bridgehead atoms. The van der Waals surface area contributed by atoms with Gasteiger partial charge in [-0.3, -0.25) is 0 Å². The van der Waals surface area contributed by atoms with Crippen molar-refractivity contribution in [2.24, 2.45) is 0 Å². The first-order valence-electron chi connectivity index (χ1n) is 6.21. The van der Waals surface area contributed by atoms with Gasteiger partial charge in [0.1, 0.15) is 11.6 Å². The van der Waals surface area contributed by atoms with Gasteiger partial charge in [-0.05, 0) is 19.1 Å². The van der Waals surface area contributed by atoms with E-state index >= 15 is 0 Å². The van der Waals surface area contributed by atoms with Gasteiger partial charge in [-0.2, -0.15) is 0 Å². The lowest BCUT2D eigenvalue weighted by molar-refractivity contribution is 0.199. The van der Waals surface area contributed by atoms with Crippen LogP contribution in [0.15, 0.2) is 30.6 Å². The van der Waals surface area contributed by atoms with Crippen molar-refractivity contribution in [2.75, 3.05) is 20.3 Å². The minimum Gasteiger partial charge on any atom is -0.383 e. The number of methoxy groups -OCH3 is 1. The molecule has 0 amide bonds. The van der Waals surface area contributed by atoms with Crippen LogP contribution in [-0.2, 0) is 11.3 Å². The van der Waals surface area contributed by atoms with E-state index in [2.05, 4.69) is 10.3 Å². The van der Waals surface area contributed by atoms with Crippen LogP contribution in [0.4, 0.5) is 4.39 Å². The molecular weight excluding hydrogens is 245 g/mol. The minimum atomic E-state index is -0.212. The molecule has 0 aliphatic carbocycles. The highest BCUT2D eigenvalue weighted by molar-refractivity contribution is 5.42. The molecule has 0 fully saturated rings. The standard InChI is InChI=1S/C14H18FN3O/c1-11-17-6-8-18(11)14-5-3-4-13(15)12(14)10-16-7-9-19-2/h3-6,8,16H,7,9-10H2,1-2H3. The van der Waals surface area contributed by atoms with Crippen LogP contribution in [0, 0.1) is 12.7 Å². The van der Waals surface area contributed by atoms with Gasteiger partial charge in [0.2, 0.25) is 0 Å². The second-order valence-electron chi connectivity index (χ2n) is 4.25. The molecule has 2 rings (SSSR count). The zero-order valence-corrected chi connectivity index (χ0v) is 11.2. The van der Waals surface area contributed by atoms with Gasteiger partial charge in [0.25, 0.3) is 0 Å². The number of aromatic nitrogens is 2. The van der Waals surface area contributed by atoms with Crippen molar-refractivity contribution in [2.45, 2.75) is 13.5 Å². The van der Waals surface area contributed by atoms with Crippen LogP contribution in [0.2, 0.25) is 0 Å². The lowest BCUT2D eigenvalue weighted by atomic mass is 10.1. The molecule has 0 saturated heterocycles. The molecule has 1 heterocycles. The Morgan fingerprint density at radius 1 is 1.42 bits per heavy atom. The van der Waals surface area contributed by atoms with Gasteiger partial charge >= 0.3 is 0 Å². The Hall–Kier alpha value is -1.72. The van der Waals surface area contributed by atoms with E-state index in [0.717, 1.165) is 11.5 Å². The molecule has 0 atom stereocenters. The molecule has 1 aromatic carbocycles. The zero-order valence-electron chi connectivity index (χ0n) is 11.2. The summed E-state index contributed by atoms with van der Waals surface area (Å²) < 4.78 is 20.8. The number of benzene rings is 1. The molecule has 2 aromatic rings. The maximum Gasteiger partial charge on any atom is 0.129 e. The Labute approximate surface area is 112 Å². The number of hydrogen-bond donors (Lipinski definition) is 1. The van der Waals surface area contributed by atoms with E-state index < -0.39 is 0 Å². The fourth-order valence-corrected chi connectivity index (χ4v) is 1.97. The van der Waals surface area contributed by atoms with E-state index in [1.165, 1.54) is 6.07 Å². The molecule has 0 unspecified atom stereocenters. The lowest BCUT2D eigenvalue weighted by Gasteiger charge is -2.13. The highest BCUT2D eigenvalue weighted by Crippen LogP contribution is 2.19. The first kappa shape index (κ1) is 13.7. The molecule has 4 nitrogen and oxygen atoms in total.